The fourth-order valence-electron chi connectivity index (χ4n) is 1.56. The quantitative estimate of drug-likeness (QED) is 0.900. The number of ether oxygens (including phenoxy) is 1. The van der Waals surface area contributed by atoms with Crippen molar-refractivity contribution in [2.45, 2.75) is 6.18 Å². The number of nitrogens with zero attached hydrogens (tertiary/aromatic N) is 4. The molecule has 0 saturated carbocycles. The van der Waals surface area contributed by atoms with E-state index in [0.717, 1.165) is 6.07 Å². The van der Waals surface area contributed by atoms with Gasteiger partial charge in [0.15, 0.2) is 0 Å². The molecule has 2 aromatic rings. The van der Waals surface area contributed by atoms with Gasteiger partial charge in [0.1, 0.15) is 5.75 Å². The van der Waals surface area contributed by atoms with E-state index in [-0.39, 0.29) is 17.0 Å². The zero-order valence-corrected chi connectivity index (χ0v) is 10.0. The molecule has 1 aromatic carbocycles. The van der Waals surface area contributed by atoms with Crippen LogP contribution in [-0.2, 0) is 6.18 Å². The molecule has 106 valence electrons. The zero-order valence-electron chi connectivity index (χ0n) is 10.0. The van der Waals surface area contributed by atoms with E-state index in [1.807, 2.05) is 0 Å². The molecule has 0 aliphatic carbocycles. The van der Waals surface area contributed by atoms with E-state index in [1.165, 1.54) is 19.2 Å². The van der Waals surface area contributed by atoms with Gasteiger partial charge in [0, 0.05) is 0 Å². The van der Waals surface area contributed by atoms with Crippen LogP contribution in [0.3, 0.4) is 0 Å². The number of methoxy groups -OCH3 is 1. The maximum atomic E-state index is 12.7. The summed E-state index contributed by atoms with van der Waals surface area (Å²) >= 11 is 0. The molecule has 2 N–H and O–H groups in total. The summed E-state index contributed by atoms with van der Waals surface area (Å²) in [4.78, 5) is 11.2. The number of alkyl halides is 3. The Hall–Kier alpha value is -2.65. The van der Waals surface area contributed by atoms with Crippen LogP contribution in [0.4, 0.5) is 13.2 Å². The average Bonchev–Trinajstić information content (AvgIpc) is 2.87. The second kappa shape index (κ2) is 4.79. The van der Waals surface area contributed by atoms with Gasteiger partial charge in [0.05, 0.1) is 18.4 Å². The third kappa shape index (κ3) is 2.39. The second-order valence-corrected chi connectivity index (χ2v) is 3.66. The smallest absolute Gasteiger partial charge is 0.453 e. The predicted molar refractivity (Wildman–Crippen MR) is 59.2 cm³/mol. The molecule has 7 nitrogen and oxygen atoms in total. The number of hydrogen-bond acceptors (Lipinski definition) is 5. The number of hydrogen-bond donors (Lipinski definition) is 1. The molecule has 1 aromatic heterocycles. The van der Waals surface area contributed by atoms with Gasteiger partial charge in [-0.25, -0.2) is 0 Å². The van der Waals surface area contributed by atoms with E-state index in [9.17, 15) is 18.0 Å². The first-order chi connectivity index (χ1) is 9.34. The average molecular weight is 287 g/mol. The predicted octanol–water partition coefficient (Wildman–Crippen LogP) is 0.789. The third-order valence-electron chi connectivity index (χ3n) is 2.42. The summed E-state index contributed by atoms with van der Waals surface area (Å²) in [5.41, 5.74) is 5.00. The molecule has 0 radical (unpaired) electrons. The van der Waals surface area contributed by atoms with Crippen molar-refractivity contribution in [3.8, 4) is 11.4 Å². The number of carbonyl (C=O) groups is 1. The first-order valence-electron chi connectivity index (χ1n) is 5.18. The van der Waals surface area contributed by atoms with Crippen LogP contribution in [0.15, 0.2) is 18.2 Å². The SMILES string of the molecule is COc1ccc(-n2nnnc2C(F)(F)F)cc1C(N)=O. The number of benzene rings is 1. The molecule has 0 aliphatic rings. The highest BCUT2D eigenvalue weighted by Gasteiger charge is 2.38. The summed E-state index contributed by atoms with van der Waals surface area (Å²) in [5, 5.41) is 9.14. The van der Waals surface area contributed by atoms with Gasteiger partial charge >= 0.3 is 6.18 Å². The number of halogens is 3. The number of amides is 1. The zero-order chi connectivity index (χ0) is 14.9. The van der Waals surface area contributed by atoms with Crippen LogP contribution < -0.4 is 10.5 Å². The Kier molecular flexibility index (Phi) is 3.30. The highest BCUT2D eigenvalue weighted by Crippen LogP contribution is 2.29. The van der Waals surface area contributed by atoms with E-state index in [0.29, 0.717) is 4.68 Å². The lowest BCUT2D eigenvalue weighted by molar-refractivity contribution is -0.146. The fraction of sp³-hybridized carbons (Fsp3) is 0.200. The third-order valence-corrected chi connectivity index (χ3v) is 2.42. The normalized spacial score (nSPS) is 11.4. The summed E-state index contributed by atoms with van der Waals surface area (Å²) in [6.45, 7) is 0. The maximum absolute atomic E-state index is 12.7. The Morgan fingerprint density at radius 1 is 1.40 bits per heavy atom. The summed E-state index contributed by atoms with van der Waals surface area (Å²) in [6.07, 6.45) is -4.73. The minimum Gasteiger partial charge on any atom is -0.496 e. The van der Waals surface area contributed by atoms with Crippen molar-refractivity contribution in [1.29, 1.82) is 0 Å². The van der Waals surface area contributed by atoms with Gasteiger partial charge in [-0.2, -0.15) is 17.9 Å². The minimum atomic E-state index is -4.73. The van der Waals surface area contributed by atoms with Gasteiger partial charge in [-0.3, -0.25) is 4.79 Å². The van der Waals surface area contributed by atoms with Gasteiger partial charge in [0.25, 0.3) is 11.7 Å². The Morgan fingerprint density at radius 2 is 2.10 bits per heavy atom. The largest absolute Gasteiger partial charge is 0.496 e. The molecule has 1 amide bonds. The van der Waals surface area contributed by atoms with Gasteiger partial charge in [0.2, 0.25) is 0 Å². The summed E-state index contributed by atoms with van der Waals surface area (Å²) in [6, 6.07) is 3.70. The Morgan fingerprint density at radius 3 is 2.65 bits per heavy atom. The molecule has 2 rings (SSSR count). The first-order valence-corrected chi connectivity index (χ1v) is 5.18. The summed E-state index contributed by atoms with van der Waals surface area (Å²) < 4.78 is 43.4. The number of primary amides is 1. The van der Waals surface area contributed by atoms with Crippen LogP contribution in [0, 0.1) is 0 Å². The van der Waals surface area contributed by atoms with Crippen molar-refractivity contribution in [2.75, 3.05) is 7.11 Å². The Balaban J connectivity index is 2.57. The van der Waals surface area contributed by atoms with Crippen LogP contribution in [0.2, 0.25) is 0 Å². The highest BCUT2D eigenvalue weighted by molar-refractivity contribution is 5.96. The molecule has 0 saturated heterocycles. The summed E-state index contributed by atoms with van der Waals surface area (Å²) in [7, 11) is 1.31. The van der Waals surface area contributed by atoms with Crippen LogP contribution in [0.5, 0.6) is 5.75 Å². The highest BCUT2D eigenvalue weighted by atomic mass is 19.4. The van der Waals surface area contributed by atoms with Gasteiger partial charge in [-0.15, -0.1) is 5.10 Å². The van der Waals surface area contributed by atoms with Gasteiger partial charge in [-0.05, 0) is 28.6 Å². The lowest BCUT2D eigenvalue weighted by Gasteiger charge is -2.10. The van der Waals surface area contributed by atoms with Crippen molar-refractivity contribution in [3.63, 3.8) is 0 Å². The number of carbonyl (C=O) groups excluding carboxylic acids is 1. The van der Waals surface area contributed by atoms with Crippen molar-refractivity contribution < 1.29 is 22.7 Å². The Labute approximate surface area is 110 Å². The number of tetrazole rings is 1. The van der Waals surface area contributed by atoms with Gasteiger partial charge in [-0.1, -0.05) is 0 Å². The molecule has 0 fully saturated rings. The lowest BCUT2D eigenvalue weighted by atomic mass is 10.1. The van der Waals surface area contributed by atoms with E-state index in [1.54, 1.807) is 0 Å². The molecule has 0 atom stereocenters. The van der Waals surface area contributed by atoms with E-state index >= 15 is 0 Å². The second-order valence-electron chi connectivity index (χ2n) is 3.66. The monoisotopic (exact) mass is 287 g/mol. The topological polar surface area (TPSA) is 95.9 Å². The van der Waals surface area contributed by atoms with Crippen molar-refractivity contribution >= 4 is 5.91 Å². The van der Waals surface area contributed by atoms with Crippen LogP contribution in [-0.4, -0.2) is 33.2 Å². The molecule has 0 bridgehead atoms. The fourth-order valence-corrected chi connectivity index (χ4v) is 1.56. The maximum Gasteiger partial charge on any atom is 0.453 e. The van der Waals surface area contributed by atoms with Crippen LogP contribution in [0.1, 0.15) is 16.2 Å². The molecule has 0 aliphatic heterocycles. The molecular formula is C10H8F3N5O2. The molecule has 20 heavy (non-hydrogen) atoms. The first kappa shape index (κ1) is 13.8. The molecule has 0 unspecified atom stereocenters. The number of rotatable bonds is 3. The summed E-state index contributed by atoms with van der Waals surface area (Å²) in [5.74, 6) is -2.01. The minimum absolute atomic E-state index is 0.0584. The van der Waals surface area contributed by atoms with Crippen molar-refractivity contribution in [1.82, 2.24) is 20.2 Å². The molecule has 10 heteroatoms. The van der Waals surface area contributed by atoms with Gasteiger partial charge < -0.3 is 10.5 Å². The number of nitrogens with two attached hydrogens (primary N) is 1. The van der Waals surface area contributed by atoms with Crippen molar-refractivity contribution in [2.24, 2.45) is 5.73 Å². The lowest BCUT2D eigenvalue weighted by Crippen LogP contribution is -2.16. The van der Waals surface area contributed by atoms with E-state index in [2.05, 4.69) is 15.5 Å². The van der Waals surface area contributed by atoms with Crippen LogP contribution in [0.25, 0.3) is 5.69 Å². The number of aromatic nitrogens is 4. The van der Waals surface area contributed by atoms with E-state index < -0.39 is 17.9 Å². The van der Waals surface area contributed by atoms with Crippen LogP contribution >= 0.6 is 0 Å². The molecule has 0 spiro atoms. The standard InChI is InChI=1S/C10H8F3N5O2/c1-20-7-3-2-5(4-6(7)8(14)19)18-9(10(11,12)13)15-16-17-18/h2-4H,1H3,(H2,14,19). The molecule has 1 heterocycles. The van der Waals surface area contributed by atoms with Crippen molar-refractivity contribution in [3.05, 3.63) is 29.6 Å². The Bertz CT molecular complexity index is 653. The van der Waals surface area contributed by atoms with E-state index in [4.69, 9.17) is 10.5 Å². The molecular weight excluding hydrogens is 279 g/mol.